The van der Waals surface area contributed by atoms with Gasteiger partial charge in [-0.2, -0.15) is 0 Å². The van der Waals surface area contributed by atoms with Crippen molar-refractivity contribution in [3.05, 3.63) is 89.5 Å². The maximum atomic E-state index is 12.7. The molecule has 0 fully saturated rings. The molecular weight excluding hydrogens is 394 g/mol. The fourth-order valence-corrected chi connectivity index (χ4v) is 3.35. The number of carbonyl (C=O) groups is 1. The third kappa shape index (κ3) is 4.45. The van der Waals surface area contributed by atoms with Crippen LogP contribution in [0.25, 0.3) is 5.69 Å². The second-order valence-electron chi connectivity index (χ2n) is 6.99. The molecule has 0 atom stereocenters. The predicted molar refractivity (Wildman–Crippen MR) is 117 cm³/mol. The van der Waals surface area contributed by atoms with E-state index in [1.165, 1.54) is 0 Å². The van der Waals surface area contributed by atoms with Gasteiger partial charge in [-0.25, -0.2) is 4.68 Å². The summed E-state index contributed by atoms with van der Waals surface area (Å²) in [5.74, 6) is 2.40. The molecule has 0 radical (unpaired) electrons. The number of nitrogens with one attached hydrogen (secondary N) is 1. The number of para-hydroxylation sites is 1. The Morgan fingerprint density at radius 2 is 1.84 bits per heavy atom. The Labute approximate surface area is 180 Å². The molecule has 31 heavy (non-hydrogen) atoms. The number of carbonyl (C=O) groups excluding carboxylic acids is 1. The molecule has 0 saturated heterocycles. The van der Waals surface area contributed by atoms with Crippen molar-refractivity contribution in [2.24, 2.45) is 0 Å². The smallest absolute Gasteiger partial charge is 0.292 e. The molecule has 1 N–H and O–H groups in total. The Bertz CT molecular complexity index is 1190. The van der Waals surface area contributed by atoms with E-state index in [1.54, 1.807) is 31.0 Å². The number of rotatable bonds is 7. The van der Waals surface area contributed by atoms with Crippen molar-refractivity contribution in [2.75, 3.05) is 19.5 Å². The summed E-state index contributed by atoms with van der Waals surface area (Å²) in [7, 11) is 3.23. The predicted octanol–water partition coefficient (Wildman–Crippen LogP) is 4.63. The average molecular weight is 417 g/mol. The standard InChI is InChI=1S/C24H23N3O4/c1-16-13-23(26-27(16)18-7-5-4-6-8-18)25-24(28)22-12-10-20(31-22)15-17-14-19(29-2)9-11-21(17)30-3/h4-14H,15H2,1-3H3,(H,25,26,28). The second kappa shape index (κ2) is 8.79. The first-order valence-electron chi connectivity index (χ1n) is 9.80. The topological polar surface area (TPSA) is 78.5 Å². The molecule has 4 aromatic rings. The summed E-state index contributed by atoms with van der Waals surface area (Å²) < 4.78 is 18.2. The molecule has 0 aliphatic rings. The molecule has 0 aliphatic heterocycles. The van der Waals surface area contributed by atoms with Gasteiger partial charge in [-0.3, -0.25) is 4.79 Å². The largest absolute Gasteiger partial charge is 0.497 e. The lowest BCUT2D eigenvalue weighted by atomic mass is 10.1. The van der Waals surface area contributed by atoms with E-state index in [1.807, 2.05) is 61.5 Å². The summed E-state index contributed by atoms with van der Waals surface area (Å²) in [6.07, 6.45) is 0.468. The molecule has 1 amide bonds. The number of nitrogens with zero attached hydrogens (tertiary/aromatic N) is 2. The second-order valence-corrected chi connectivity index (χ2v) is 6.99. The highest BCUT2D eigenvalue weighted by atomic mass is 16.5. The summed E-state index contributed by atoms with van der Waals surface area (Å²) in [5.41, 5.74) is 2.74. The van der Waals surface area contributed by atoms with Crippen molar-refractivity contribution in [2.45, 2.75) is 13.3 Å². The first-order chi connectivity index (χ1) is 15.1. The van der Waals surface area contributed by atoms with Gasteiger partial charge in [0.25, 0.3) is 5.91 Å². The third-order valence-electron chi connectivity index (χ3n) is 4.87. The SMILES string of the molecule is COc1ccc(OC)c(Cc2ccc(C(=O)Nc3cc(C)n(-c4ccccc4)n3)o2)c1. The molecule has 4 rings (SSSR count). The molecule has 2 aromatic carbocycles. The summed E-state index contributed by atoms with van der Waals surface area (Å²) in [6.45, 7) is 1.93. The van der Waals surface area contributed by atoms with Crippen molar-refractivity contribution in [3.8, 4) is 17.2 Å². The van der Waals surface area contributed by atoms with Gasteiger partial charge in [-0.15, -0.1) is 5.10 Å². The van der Waals surface area contributed by atoms with Gasteiger partial charge in [0.05, 0.1) is 19.9 Å². The first kappa shape index (κ1) is 20.3. The molecule has 0 unspecified atom stereocenters. The van der Waals surface area contributed by atoms with Gasteiger partial charge in [-0.05, 0) is 49.4 Å². The zero-order valence-electron chi connectivity index (χ0n) is 17.6. The maximum absolute atomic E-state index is 12.7. The monoisotopic (exact) mass is 417 g/mol. The Morgan fingerprint density at radius 1 is 1.03 bits per heavy atom. The van der Waals surface area contributed by atoms with Gasteiger partial charge in [0.2, 0.25) is 0 Å². The number of hydrogen-bond donors (Lipinski definition) is 1. The number of amides is 1. The quantitative estimate of drug-likeness (QED) is 0.474. The first-order valence-corrected chi connectivity index (χ1v) is 9.80. The van der Waals surface area contributed by atoms with Gasteiger partial charge in [-0.1, -0.05) is 18.2 Å². The molecule has 158 valence electrons. The lowest BCUT2D eigenvalue weighted by Crippen LogP contribution is -2.11. The van der Waals surface area contributed by atoms with Crippen LogP contribution in [0.1, 0.15) is 27.6 Å². The van der Waals surface area contributed by atoms with E-state index in [9.17, 15) is 4.79 Å². The van der Waals surface area contributed by atoms with Gasteiger partial charge < -0.3 is 19.2 Å². The maximum Gasteiger partial charge on any atom is 0.292 e. The van der Waals surface area contributed by atoms with Crippen LogP contribution < -0.4 is 14.8 Å². The Kier molecular flexibility index (Phi) is 5.75. The normalized spacial score (nSPS) is 10.7. The number of benzene rings is 2. The van der Waals surface area contributed by atoms with Gasteiger partial charge in [0, 0.05) is 23.7 Å². The van der Waals surface area contributed by atoms with E-state index in [4.69, 9.17) is 13.9 Å². The van der Waals surface area contributed by atoms with Gasteiger partial charge >= 0.3 is 0 Å². The number of aryl methyl sites for hydroxylation is 1. The molecule has 0 saturated carbocycles. The van der Waals surface area contributed by atoms with E-state index in [2.05, 4.69) is 10.4 Å². The Morgan fingerprint density at radius 3 is 2.58 bits per heavy atom. The molecule has 0 bridgehead atoms. The summed E-state index contributed by atoms with van der Waals surface area (Å²) in [4.78, 5) is 12.7. The van der Waals surface area contributed by atoms with E-state index < -0.39 is 0 Å². The molecule has 0 spiro atoms. The minimum Gasteiger partial charge on any atom is -0.497 e. The average Bonchev–Trinajstić information content (AvgIpc) is 3.40. The van der Waals surface area contributed by atoms with Gasteiger partial charge in [0.15, 0.2) is 11.6 Å². The van der Waals surface area contributed by atoms with Crippen LogP contribution in [-0.2, 0) is 6.42 Å². The highest BCUT2D eigenvalue weighted by Crippen LogP contribution is 2.27. The van der Waals surface area contributed by atoms with Crippen LogP contribution in [0.2, 0.25) is 0 Å². The van der Waals surface area contributed by atoms with Crippen LogP contribution in [-0.4, -0.2) is 29.9 Å². The van der Waals surface area contributed by atoms with Crippen LogP contribution in [0, 0.1) is 6.92 Å². The number of ether oxygens (including phenoxy) is 2. The molecule has 2 aromatic heterocycles. The molecule has 0 aliphatic carbocycles. The van der Waals surface area contributed by atoms with Crippen molar-refractivity contribution < 1.29 is 18.7 Å². The minimum atomic E-state index is -0.360. The van der Waals surface area contributed by atoms with Crippen LogP contribution >= 0.6 is 0 Å². The van der Waals surface area contributed by atoms with Crippen LogP contribution in [0.3, 0.4) is 0 Å². The van der Waals surface area contributed by atoms with Crippen molar-refractivity contribution in [3.63, 3.8) is 0 Å². The lowest BCUT2D eigenvalue weighted by molar-refractivity contribution is 0.0994. The lowest BCUT2D eigenvalue weighted by Gasteiger charge is -2.09. The number of furan rings is 1. The number of anilines is 1. The van der Waals surface area contributed by atoms with E-state index in [0.717, 1.165) is 28.4 Å². The fourth-order valence-electron chi connectivity index (χ4n) is 3.35. The zero-order valence-corrected chi connectivity index (χ0v) is 17.6. The zero-order chi connectivity index (χ0) is 21.8. The van der Waals surface area contributed by atoms with Crippen LogP contribution in [0.15, 0.2) is 71.1 Å². The van der Waals surface area contributed by atoms with E-state index in [0.29, 0.717) is 18.0 Å². The number of hydrogen-bond acceptors (Lipinski definition) is 5. The van der Waals surface area contributed by atoms with Crippen molar-refractivity contribution >= 4 is 11.7 Å². The van der Waals surface area contributed by atoms with Crippen molar-refractivity contribution in [1.29, 1.82) is 0 Å². The third-order valence-corrected chi connectivity index (χ3v) is 4.87. The summed E-state index contributed by atoms with van der Waals surface area (Å²) in [6, 6.07) is 20.5. The Hall–Kier alpha value is -4.00. The minimum absolute atomic E-state index is 0.212. The van der Waals surface area contributed by atoms with Crippen LogP contribution in [0.5, 0.6) is 11.5 Å². The van der Waals surface area contributed by atoms with E-state index in [-0.39, 0.29) is 11.7 Å². The molecule has 7 heteroatoms. The highest BCUT2D eigenvalue weighted by Gasteiger charge is 2.16. The van der Waals surface area contributed by atoms with Crippen molar-refractivity contribution in [1.82, 2.24) is 9.78 Å². The summed E-state index contributed by atoms with van der Waals surface area (Å²) >= 11 is 0. The molecule has 2 heterocycles. The van der Waals surface area contributed by atoms with E-state index >= 15 is 0 Å². The summed E-state index contributed by atoms with van der Waals surface area (Å²) in [5, 5.41) is 7.27. The number of methoxy groups -OCH3 is 2. The molecule has 7 nitrogen and oxygen atoms in total. The van der Waals surface area contributed by atoms with Crippen LogP contribution in [0.4, 0.5) is 5.82 Å². The highest BCUT2D eigenvalue weighted by molar-refractivity contribution is 6.01. The fraction of sp³-hybridized carbons (Fsp3) is 0.167. The molecular formula is C24H23N3O4. The van der Waals surface area contributed by atoms with Gasteiger partial charge in [0.1, 0.15) is 17.3 Å². The number of aromatic nitrogens is 2. The Balaban J connectivity index is 1.48.